The lowest BCUT2D eigenvalue weighted by atomic mass is 10.2. The molecular weight excluding hydrogens is 364 g/mol. The van der Waals surface area contributed by atoms with Crippen molar-refractivity contribution in [3.63, 3.8) is 0 Å². The lowest BCUT2D eigenvalue weighted by Crippen LogP contribution is -2.32. The highest BCUT2D eigenvalue weighted by molar-refractivity contribution is 8.01. The molecule has 7 heteroatoms. The van der Waals surface area contributed by atoms with Crippen LogP contribution >= 0.6 is 23.1 Å². The Morgan fingerprint density at radius 1 is 1.12 bits per heavy atom. The van der Waals surface area contributed by atoms with Gasteiger partial charge in [-0.05, 0) is 37.6 Å². The number of rotatable bonds is 7. The van der Waals surface area contributed by atoms with Gasteiger partial charge in [-0.2, -0.15) is 0 Å². The van der Waals surface area contributed by atoms with Gasteiger partial charge in [-0.25, -0.2) is 0 Å². The van der Waals surface area contributed by atoms with Crippen LogP contribution in [0.1, 0.15) is 12.5 Å². The molecule has 1 N–H and O–H groups in total. The fraction of sp³-hybridized carbons (Fsp3) is 0.211. The number of thioether (sulfide) groups is 1. The van der Waals surface area contributed by atoms with Crippen LogP contribution in [0.3, 0.4) is 0 Å². The maximum Gasteiger partial charge on any atom is 0.237 e. The van der Waals surface area contributed by atoms with Gasteiger partial charge in [-0.1, -0.05) is 59.5 Å². The van der Waals surface area contributed by atoms with Gasteiger partial charge < -0.3 is 10.2 Å². The van der Waals surface area contributed by atoms with E-state index < -0.39 is 0 Å². The third-order valence-electron chi connectivity index (χ3n) is 3.80. The van der Waals surface area contributed by atoms with Gasteiger partial charge in [0.15, 0.2) is 4.34 Å². The predicted molar refractivity (Wildman–Crippen MR) is 110 cm³/mol. The van der Waals surface area contributed by atoms with Gasteiger partial charge in [-0.15, -0.1) is 10.2 Å². The van der Waals surface area contributed by atoms with Gasteiger partial charge in [0.2, 0.25) is 11.0 Å². The zero-order valence-electron chi connectivity index (χ0n) is 14.7. The quantitative estimate of drug-likeness (QED) is 0.597. The summed E-state index contributed by atoms with van der Waals surface area (Å²) in [5.41, 5.74) is 3.07. The molecular formula is C19H20N4OS2. The summed E-state index contributed by atoms with van der Waals surface area (Å²) < 4.78 is 0.776. The van der Waals surface area contributed by atoms with Gasteiger partial charge in [0.1, 0.15) is 0 Å². The number of nitrogens with one attached hydrogen (secondary N) is 1. The average Bonchev–Trinajstić information content (AvgIpc) is 3.11. The second kappa shape index (κ2) is 8.82. The zero-order chi connectivity index (χ0) is 18.4. The first-order valence-electron chi connectivity index (χ1n) is 8.31. The van der Waals surface area contributed by atoms with E-state index in [1.807, 2.05) is 68.4 Å². The van der Waals surface area contributed by atoms with Crippen molar-refractivity contribution in [3.8, 4) is 0 Å². The number of benzene rings is 2. The Morgan fingerprint density at radius 3 is 2.58 bits per heavy atom. The molecule has 3 rings (SSSR count). The first-order chi connectivity index (χ1) is 12.7. The highest BCUT2D eigenvalue weighted by Gasteiger charge is 2.15. The van der Waals surface area contributed by atoms with Crippen molar-refractivity contribution in [2.24, 2.45) is 0 Å². The molecule has 5 nitrogen and oxygen atoms in total. The second-order valence-electron chi connectivity index (χ2n) is 5.58. The minimum Gasteiger partial charge on any atom is -0.330 e. The third-order valence-corrected chi connectivity index (χ3v) is 5.75. The van der Waals surface area contributed by atoms with Crippen molar-refractivity contribution in [1.82, 2.24) is 10.2 Å². The number of hydrogen-bond donors (Lipinski definition) is 1. The fourth-order valence-electron chi connectivity index (χ4n) is 2.46. The zero-order valence-corrected chi connectivity index (χ0v) is 16.3. The molecule has 1 heterocycles. The van der Waals surface area contributed by atoms with Crippen molar-refractivity contribution < 1.29 is 4.79 Å². The first kappa shape index (κ1) is 18.4. The number of carbonyl (C=O) groups excluding carboxylic acids is 1. The van der Waals surface area contributed by atoms with Crippen LogP contribution in [0.25, 0.3) is 0 Å². The molecule has 2 aromatic carbocycles. The van der Waals surface area contributed by atoms with Gasteiger partial charge in [0.05, 0.1) is 5.75 Å². The van der Waals surface area contributed by atoms with Crippen LogP contribution in [0.5, 0.6) is 0 Å². The van der Waals surface area contributed by atoms with Crippen LogP contribution in [0.4, 0.5) is 16.5 Å². The second-order valence-corrected chi connectivity index (χ2v) is 7.78. The average molecular weight is 385 g/mol. The largest absolute Gasteiger partial charge is 0.330 e. The van der Waals surface area contributed by atoms with Crippen LogP contribution in [-0.4, -0.2) is 28.4 Å². The van der Waals surface area contributed by atoms with Gasteiger partial charge in [0.25, 0.3) is 0 Å². The van der Waals surface area contributed by atoms with Crippen molar-refractivity contribution >= 4 is 45.5 Å². The molecule has 0 saturated carbocycles. The lowest BCUT2D eigenvalue weighted by Gasteiger charge is -2.20. The summed E-state index contributed by atoms with van der Waals surface area (Å²) in [7, 11) is 0. The van der Waals surface area contributed by atoms with E-state index in [4.69, 9.17) is 0 Å². The Morgan fingerprint density at radius 2 is 1.85 bits per heavy atom. The summed E-state index contributed by atoms with van der Waals surface area (Å²) in [5, 5.41) is 12.3. The number of carbonyl (C=O) groups is 1. The number of aromatic nitrogens is 2. The van der Waals surface area contributed by atoms with E-state index in [0.29, 0.717) is 12.3 Å². The summed E-state index contributed by atoms with van der Waals surface area (Å²) >= 11 is 2.87. The summed E-state index contributed by atoms with van der Waals surface area (Å²) in [5.74, 6) is 0.397. The molecule has 0 unspecified atom stereocenters. The molecule has 0 atom stereocenters. The van der Waals surface area contributed by atoms with Crippen molar-refractivity contribution in [2.45, 2.75) is 18.2 Å². The molecule has 26 heavy (non-hydrogen) atoms. The normalized spacial score (nSPS) is 10.5. The number of aryl methyl sites for hydroxylation is 1. The Bertz CT molecular complexity index is 867. The van der Waals surface area contributed by atoms with E-state index in [9.17, 15) is 4.79 Å². The molecule has 0 aliphatic rings. The first-order valence-corrected chi connectivity index (χ1v) is 10.1. The van der Waals surface area contributed by atoms with Gasteiger partial charge >= 0.3 is 0 Å². The van der Waals surface area contributed by atoms with Crippen molar-refractivity contribution in [2.75, 3.05) is 22.5 Å². The van der Waals surface area contributed by atoms with Crippen LogP contribution in [0.15, 0.2) is 58.9 Å². The molecule has 0 aliphatic carbocycles. The molecule has 0 radical (unpaired) electrons. The van der Waals surface area contributed by atoms with Gasteiger partial charge in [0, 0.05) is 17.9 Å². The molecule has 3 aromatic rings. The Hall–Kier alpha value is -2.38. The molecule has 0 spiro atoms. The third kappa shape index (κ3) is 4.62. The number of para-hydroxylation sites is 2. The van der Waals surface area contributed by atoms with Crippen molar-refractivity contribution in [3.05, 3.63) is 60.2 Å². The Balaban J connectivity index is 1.59. The van der Waals surface area contributed by atoms with Crippen molar-refractivity contribution in [1.29, 1.82) is 0 Å². The summed E-state index contributed by atoms with van der Waals surface area (Å²) in [4.78, 5) is 14.3. The summed E-state index contributed by atoms with van der Waals surface area (Å²) in [6, 6.07) is 17.7. The molecule has 0 bridgehead atoms. The topological polar surface area (TPSA) is 58.1 Å². The maximum atomic E-state index is 12.5. The Kier molecular flexibility index (Phi) is 6.25. The minimum absolute atomic E-state index is 0.0623. The Labute approximate surface area is 161 Å². The van der Waals surface area contributed by atoms with E-state index in [1.54, 1.807) is 4.90 Å². The maximum absolute atomic E-state index is 12.5. The van der Waals surface area contributed by atoms with Crippen LogP contribution in [0, 0.1) is 6.92 Å². The number of amides is 1. The van der Waals surface area contributed by atoms with E-state index in [-0.39, 0.29) is 5.91 Å². The smallest absolute Gasteiger partial charge is 0.237 e. The standard InChI is InChI=1S/C19H20N4OS2/c1-3-23(15-10-5-4-6-11-15)17(24)13-25-19-22-21-18(26-19)20-16-12-8-7-9-14(16)2/h4-12H,3,13H2,1-2H3,(H,20,21). The molecule has 1 aromatic heterocycles. The number of hydrogen-bond acceptors (Lipinski definition) is 6. The summed E-state index contributed by atoms with van der Waals surface area (Å²) in [6.07, 6.45) is 0. The molecule has 134 valence electrons. The molecule has 0 aliphatic heterocycles. The van der Waals surface area contributed by atoms with Gasteiger partial charge in [-0.3, -0.25) is 4.79 Å². The van der Waals surface area contributed by atoms with E-state index in [2.05, 4.69) is 15.5 Å². The van der Waals surface area contributed by atoms with Crippen LogP contribution in [0.2, 0.25) is 0 Å². The lowest BCUT2D eigenvalue weighted by molar-refractivity contribution is -0.116. The van der Waals surface area contributed by atoms with E-state index >= 15 is 0 Å². The SMILES string of the molecule is CCN(C(=O)CSc1nnc(Nc2ccccc2C)s1)c1ccccc1. The monoisotopic (exact) mass is 384 g/mol. The molecule has 0 saturated heterocycles. The highest BCUT2D eigenvalue weighted by atomic mass is 32.2. The van der Waals surface area contributed by atoms with E-state index in [1.165, 1.54) is 23.1 Å². The van der Waals surface area contributed by atoms with E-state index in [0.717, 1.165) is 26.4 Å². The predicted octanol–water partition coefficient (Wildman–Crippen LogP) is 4.74. The fourth-order valence-corrected chi connectivity index (χ4v) is 4.10. The number of nitrogens with zero attached hydrogens (tertiary/aromatic N) is 3. The molecule has 1 amide bonds. The minimum atomic E-state index is 0.0623. The van der Waals surface area contributed by atoms with Crippen LogP contribution in [-0.2, 0) is 4.79 Å². The van der Waals surface area contributed by atoms with Crippen LogP contribution < -0.4 is 10.2 Å². The molecule has 0 fully saturated rings. The summed E-state index contributed by atoms with van der Waals surface area (Å²) in [6.45, 7) is 4.66. The number of anilines is 3. The highest BCUT2D eigenvalue weighted by Crippen LogP contribution is 2.29.